The minimum Gasteiger partial charge on any atom is -0.496 e. The van der Waals surface area contributed by atoms with Crippen LogP contribution in [0.4, 0.5) is 0 Å². The van der Waals surface area contributed by atoms with E-state index >= 15 is 0 Å². The van der Waals surface area contributed by atoms with Crippen molar-refractivity contribution in [1.29, 1.82) is 0 Å². The number of para-hydroxylation sites is 2. The molecule has 2 N–H and O–H groups in total. The first kappa shape index (κ1) is 15.4. The molecule has 1 atom stereocenters. The van der Waals surface area contributed by atoms with Crippen molar-refractivity contribution in [2.45, 2.75) is 6.10 Å². The Labute approximate surface area is 125 Å². The van der Waals surface area contributed by atoms with Gasteiger partial charge in [0.25, 0.3) is 0 Å². The van der Waals surface area contributed by atoms with E-state index in [1.165, 1.54) is 0 Å². The van der Waals surface area contributed by atoms with E-state index in [2.05, 4.69) is 0 Å². The molecule has 1 unspecified atom stereocenters. The second-order valence-electron chi connectivity index (χ2n) is 4.50. The topological polar surface area (TPSA) is 53.7 Å². The van der Waals surface area contributed by atoms with Crippen LogP contribution in [0.3, 0.4) is 0 Å². The standard InChI is InChI=1S/C17H21NO3/c1-19-16-10-6-5-9-15(16)17(13-18)21-12-11-20-14-7-3-2-4-8-14/h2-10,17H,11-13,18H2,1H3. The molecule has 4 nitrogen and oxygen atoms in total. The fourth-order valence-corrected chi connectivity index (χ4v) is 2.08. The Balaban J connectivity index is 1.85. The van der Waals surface area contributed by atoms with Gasteiger partial charge in [-0.3, -0.25) is 0 Å². The number of benzene rings is 2. The van der Waals surface area contributed by atoms with Gasteiger partial charge in [0.2, 0.25) is 0 Å². The van der Waals surface area contributed by atoms with E-state index in [1.54, 1.807) is 7.11 Å². The Morgan fingerprint density at radius 3 is 2.38 bits per heavy atom. The second kappa shape index (κ2) is 8.29. The SMILES string of the molecule is COc1ccccc1C(CN)OCCOc1ccccc1. The van der Waals surface area contributed by atoms with Crippen LogP contribution in [-0.4, -0.2) is 26.9 Å². The maximum atomic E-state index is 5.81. The predicted octanol–water partition coefficient (Wildman–Crippen LogP) is 2.79. The van der Waals surface area contributed by atoms with Crippen molar-refractivity contribution in [3.63, 3.8) is 0 Å². The van der Waals surface area contributed by atoms with Gasteiger partial charge < -0.3 is 19.9 Å². The minimum atomic E-state index is -0.194. The summed E-state index contributed by atoms with van der Waals surface area (Å²) >= 11 is 0. The van der Waals surface area contributed by atoms with E-state index in [9.17, 15) is 0 Å². The highest BCUT2D eigenvalue weighted by Gasteiger charge is 2.14. The Hall–Kier alpha value is -2.04. The zero-order chi connectivity index (χ0) is 14.9. The first-order valence-corrected chi connectivity index (χ1v) is 6.97. The van der Waals surface area contributed by atoms with Gasteiger partial charge in [-0.2, -0.15) is 0 Å². The van der Waals surface area contributed by atoms with Crippen LogP contribution in [0.25, 0.3) is 0 Å². The molecule has 0 aliphatic rings. The van der Waals surface area contributed by atoms with Crippen LogP contribution in [0.1, 0.15) is 11.7 Å². The molecule has 0 aliphatic carbocycles. The molecule has 2 rings (SSSR count). The van der Waals surface area contributed by atoms with Gasteiger partial charge in [-0.1, -0.05) is 36.4 Å². The van der Waals surface area contributed by atoms with Gasteiger partial charge in [0.15, 0.2) is 0 Å². The Morgan fingerprint density at radius 2 is 1.67 bits per heavy atom. The van der Waals surface area contributed by atoms with Crippen LogP contribution in [-0.2, 0) is 4.74 Å². The molecule has 0 amide bonds. The molecule has 112 valence electrons. The summed E-state index contributed by atoms with van der Waals surface area (Å²) in [5, 5.41) is 0. The maximum Gasteiger partial charge on any atom is 0.124 e. The van der Waals surface area contributed by atoms with Crippen LogP contribution in [0.2, 0.25) is 0 Å². The van der Waals surface area contributed by atoms with Crippen molar-refractivity contribution in [1.82, 2.24) is 0 Å². The van der Waals surface area contributed by atoms with Crippen LogP contribution >= 0.6 is 0 Å². The van der Waals surface area contributed by atoms with E-state index in [1.807, 2.05) is 54.6 Å². The van der Waals surface area contributed by atoms with E-state index in [-0.39, 0.29) is 6.10 Å². The molecule has 2 aromatic carbocycles. The summed E-state index contributed by atoms with van der Waals surface area (Å²) < 4.78 is 16.7. The van der Waals surface area contributed by atoms with E-state index in [0.717, 1.165) is 17.1 Å². The molecular formula is C17H21NO3. The van der Waals surface area contributed by atoms with Gasteiger partial charge in [0, 0.05) is 12.1 Å². The van der Waals surface area contributed by atoms with Crippen LogP contribution in [0, 0.1) is 0 Å². The summed E-state index contributed by atoms with van der Waals surface area (Å²) in [4.78, 5) is 0. The number of methoxy groups -OCH3 is 1. The summed E-state index contributed by atoms with van der Waals surface area (Å²) in [6.45, 7) is 1.34. The van der Waals surface area contributed by atoms with Gasteiger partial charge in [0.1, 0.15) is 18.1 Å². The van der Waals surface area contributed by atoms with Crippen molar-refractivity contribution in [2.24, 2.45) is 5.73 Å². The lowest BCUT2D eigenvalue weighted by molar-refractivity contribution is 0.0367. The molecule has 0 radical (unpaired) electrons. The van der Waals surface area contributed by atoms with Crippen molar-refractivity contribution in [3.8, 4) is 11.5 Å². The minimum absolute atomic E-state index is 0.194. The van der Waals surface area contributed by atoms with Crippen molar-refractivity contribution >= 4 is 0 Å². The molecule has 0 aliphatic heterocycles. The van der Waals surface area contributed by atoms with Crippen LogP contribution in [0.15, 0.2) is 54.6 Å². The molecule has 21 heavy (non-hydrogen) atoms. The highest BCUT2D eigenvalue weighted by atomic mass is 16.5. The second-order valence-corrected chi connectivity index (χ2v) is 4.50. The first-order chi connectivity index (χ1) is 10.3. The Morgan fingerprint density at radius 1 is 0.952 bits per heavy atom. The molecule has 0 spiro atoms. The third kappa shape index (κ3) is 4.48. The van der Waals surface area contributed by atoms with Gasteiger partial charge >= 0.3 is 0 Å². The highest BCUT2D eigenvalue weighted by molar-refractivity contribution is 5.35. The maximum absolute atomic E-state index is 5.81. The molecule has 0 bridgehead atoms. The van der Waals surface area contributed by atoms with E-state index in [4.69, 9.17) is 19.9 Å². The predicted molar refractivity (Wildman–Crippen MR) is 82.7 cm³/mol. The lowest BCUT2D eigenvalue weighted by Crippen LogP contribution is -2.19. The normalized spacial score (nSPS) is 11.9. The summed E-state index contributed by atoms with van der Waals surface area (Å²) in [6.07, 6.45) is -0.194. The molecule has 0 aromatic heterocycles. The largest absolute Gasteiger partial charge is 0.496 e. The summed E-state index contributed by atoms with van der Waals surface area (Å²) in [5.74, 6) is 1.62. The zero-order valence-corrected chi connectivity index (χ0v) is 12.2. The van der Waals surface area contributed by atoms with Gasteiger partial charge in [0.05, 0.1) is 19.8 Å². The van der Waals surface area contributed by atoms with Gasteiger partial charge in [-0.25, -0.2) is 0 Å². The lowest BCUT2D eigenvalue weighted by Gasteiger charge is -2.19. The van der Waals surface area contributed by atoms with Gasteiger partial charge in [-0.15, -0.1) is 0 Å². The lowest BCUT2D eigenvalue weighted by atomic mass is 10.1. The average Bonchev–Trinajstić information content (AvgIpc) is 2.56. The van der Waals surface area contributed by atoms with Crippen LogP contribution < -0.4 is 15.2 Å². The molecule has 0 heterocycles. The Kier molecular flexibility index (Phi) is 6.06. The van der Waals surface area contributed by atoms with Crippen molar-refractivity contribution < 1.29 is 14.2 Å². The summed E-state index contributed by atoms with van der Waals surface area (Å²) in [5.41, 5.74) is 6.76. The molecule has 0 saturated heterocycles. The fourth-order valence-electron chi connectivity index (χ4n) is 2.08. The number of hydrogen-bond donors (Lipinski definition) is 1. The molecule has 4 heteroatoms. The third-order valence-corrected chi connectivity index (χ3v) is 3.11. The average molecular weight is 287 g/mol. The number of nitrogens with two attached hydrogens (primary N) is 1. The third-order valence-electron chi connectivity index (χ3n) is 3.11. The molecular weight excluding hydrogens is 266 g/mol. The quantitative estimate of drug-likeness (QED) is 0.759. The molecule has 0 fully saturated rings. The number of hydrogen-bond acceptors (Lipinski definition) is 4. The van der Waals surface area contributed by atoms with Gasteiger partial charge in [-0.05, 0) is 18.2 Å². The number of rotatable bonds is 8. The van der Waals surface area contributed by atoms with Crippen molar-refractivity contribution in [3.05, 3.63) is 60.2 Å². The van der Waals surface area contributed by atoms with E-state index < -0.39 is 0 Å². The first-order valence-electron chi connectivity index (χ1n) is 6.97. The zero-order valence-electron chi connectivity index (χ0n) is 12.2. The highest BCUT2D eigenvalue weighted by Crippen LogP contribution is 2.26. The fraction of sp³-hybridized carbons (Fsp3) is 0.294. The smallest absolute Gasteiger partial charge is 0.124 e. The Bertz CT molecular complexity index is 531. The summed E-state index contributed by atoms with van der Waals surface area (Å²) in [6, 6.07) is 17.4. The molecule has 0 saturated carbocycles. The van der Waals surface area contributed by atoms with E-state index in [0.29, 0.717) is 19.8 Å². The monoisotopic (exact) mass is 287 g/mol. The van der Waals surface area contributed by atoms with Crippen LogP contribution in [0.5, 0.6) is 11.5 Å². The summed E-state index contributed by atoms with van der Waals surface area (Å²) in [7, 11) is 1.64. The number of ether oxygens (including phenoxy) is 3. The molecule has 2 aromatic rings. The van der Waals surface area contributed by atoms with Crippen molar-refractivity contribution in [2.75, 3.05) is 26.9 Å².